The Morgan fingerprint density at radius 1 is 1.15 bits per heavy atom. The van der Waals surface area contributed by atoms with Crippen molar-refractivity contribution in [2.75, 3.05) is 7.11 Å². The van der Waals surface area contributed by atoms with E-state index in [4.69, 9.17) is 5.11 Å². The Morgan fingerprint density at radius 2 is 1.62 bits per heavy atom. The van der Waals surface area contributed by atoms with Crippen LogP contribution in [0.25, 0.3) is 0 Å². The van der Waals surface area contributed by atoms with Crippen molar-refractivity contribution in [2.45, 2.75) is 20.3 Å². The first-order valence-corrected chi connectivity index (χ1v) is 4.37. The summed E-state index contributed by atoms with van der Waals surface area (Å²) in [6.45, 7) is 4.31. The highest BCUT2D eigenvalue weighted by atomic mass is 19.1. The van der Waals surface area contributed by atoms with E-state index in [-0.39, 0.29) is 5.82 Å². The van der Waals surface area contributed by atoms with Crippen molar-refractivity contribution in [3.63, 3.8) is 0 Å². The molecule has 1 N–H and O–H groups in total. The second-order valence-electron chi connectivity index (χ2n) is 3.22. The van der Waals surface area contributed by atoms with Crippen molar-refractivity contribution in [1.82, 2.24) is 0 Å². The number of hydrogen-bond donors (Lipinski definition) is 1. The minimum Gasteiger partial charge on any atom is -0.400 e. The Bertz CT molecular complexity index is 216. The fourth-order valence-electron chi connectivity index (χ4n) is 1.09. The van der Waals surface area contributed by atoms with E-state index in [1.54, 1.807) is 0 Å². The van der Waals surface area contributed by atoms with Crippen LogP contribution in [-0.4, -0.2) is 12.2 Å². The molecule has 0 atom stereocenters. The molecular formula is C11H17FO. The van der Waals surface area contributed by atoms with Crippen molar-refractivity contribution in [3.8, 4) is 0 Å². The summed E-state index contributed by atoms with van der Waals surface area (Å²) >= 11 is 0. The molecule has 1 aromatic carbocycles. The van der Waals surface area contributed by atoms with Crippen molar-refractivity contribution in [2.24, 2.45) is 5.92 Å². The summed E-state index contributed by atoms with van der Waals surface area (Å²) in [5.74, 6) is 0.484. The van der Waals surface area contributed by atoms with E-state index in [1.165, 1.54) is 17.7 Å². The number of aliphatic hydroxyl groups is 1. The number of rotatable bonds is 2. The summed E-state index contributed by atoms with van der Waals surface area (Å²) in [6, 6.07) is 6.71. The first-order valence-electron chi connectivity index (χ1n) is 4.37. The lowest BCUT2D eigenvalue weighted by atomic mass is 10.0. The van der Waals surface area contributed by atoms with Gasteiger partial charge in [0.25, 0.3) is 0 Å². The number of benzene rings is 1. The van der Waals surface area contributed by atoms with Crippen LogP contribution in [-0.2, 0) is 6.42 Å². The van der Waals surface area contributed by atoms with Gasteiger partial charge in [0.2, 0.25) is 0 Å². The van der Waals surface area contributed by atoms with Crippen molar-refractivity contribution < 1.29 is 9.50 Å². The predicted octanol–water partition coefficient (Wildman–Crippen LogP) is 2.63. The molecule has 0 heterocycles. The maximum Gasteiger partial charge on any atom is 0.123 e. The van der Waals surface area contributed by atoms with E-state index < -0.39 is 0 Å². The molecule has 0 spiro atoms. The standard InChI is InChI=1S/C10H13F.CH4O/c1-8(2)7-9-3-5-10(11)6-4-9;1-2/h3-6,8H,7H2,1-2H3;2H,1H3. The molecule has 0 aliphatic carbocycles. The van der Waals surface area contributed by atoms with Crippen LogP contribution in [0.2, 0.25) is 0 Å². The van der Waals surface area contributed by atoms with E-state index in [0.29, 0.717) is 5.92 Å². The minimum atomic E-state index is -0.155. The molecule has 0 saturated carbocycles. The zero-order valence-electron chi connectivity index (χ0n) is 8.42. The Morgan fingerprint density at radius 3 is 2.00 bits per heavy atom. The first kappa shape index (κ1) is 12.1. The number of hydrogen-bond acceptors (Lipinski definition) is 1. The maximum absolute atomic E-state index is 12.4. The molecule has 74 valence electrons. The van der Waals surface area contributed by atoms with Crippen LogP contribution in [0, 0.1) is 11.7 Å². The molecule has 0 fully saturated rings. The second-order valence-corrected chi connectivity index (χ2v) is 3.22. The average Bonchev–Trinajstić information content (AvgIpc) is 2.12. The topological polar surface area (TPSA) is 20.2 Å². The lowest BCUT2D eigenvalue weighted by Gasteiger charge is -2.03. The van der Waals surface area contributed by atoms with Crippen molar-refractivity contribution >= 4 is 0 Å². The van der Waals surface area contributed by atoms with Gasteiger partial charge in [-0.25, -0.2) is 4.39 Å². The van der Waals surface area contributed by atoms with Crippen molar-refractivity contribution in [1.29, 1.82) is 0 Å². The van der Waals surface area contributed by atoms with E-state index in [2.05, 4.69) is 13.8 Å². The second kappa shape index (κ2) is 6.61. The third kappa shape index (κ3) is 5.36. The monoisotopic (exact) mass is 184 g/mol. The molecule has 0 unspecified atom stereocenters. The van der Waals surface area contributed by atoms with Gasteiger partial charge in [0.1, 0.15) is 5.82 Å². The summed E-state index contributed by atoms with van der Waals surface area (Å²) in [6.07, 6.45) is 1.03. The van der Waals surface area contributed by atoms with E-state index in [9.17, 15) is 4.39 Å². The van der Waals surface area contributed by atoms with Crippen LogP contribution in [0.5, 0.6) is 0 Å². The summed E-state index contributed by atoms with van der Waals surface area (Å²) in [7, 11) is 1.00. The third-order valence-electron chi connectivity index (χ3n) is 1.56. The Balaban J connectivity index is 0.000000671. The maximum atomic E-state index is 12.4. The molecule has 2 heteroatoms. The molecule has 1 rings (SSSR count). The highest BCUT2D eigenvalue weighted by Gasteiger charge is 1.96. The molecular weight excluding hydrogens is 167 g/mol. The molecule has 1 aromatic rings. The van der Waals surface area contributed by atoms with Gasteiger partial charge in [0.05, 0.1) is 0 Å². The summed E-state index contributed by atoms with van der Waals surface area (Å²) in [4.78, 5) is 0. The summed E-state index contributed by atoms with van der Waals surface area (Å²) in [5.41, 5.74) is 1.21. The molecule has 0 saturated heterocycles. The molecule has 0 amide bonds. The van der Waals surface area contributed by atoms with Crippen LogP contribution in [0.15, 0.2) is 24.3 Å². The molecule has 13 heavy (non-hydrogen) atoms. The molecule has 0 aliphatic heterocycles. The fourth-order valence-corrected chi connectivity index (χ4v) is 1.09. The summed E-state index contributed by atoms with van der Waals surface area (Å²) in [5, 5.41) is 7.00. The third-order valence-corrected chi connectivity index (χ3v) is 1.56. The molecule has 0 aliphatic rings. The minimum absolute atomic E-state index is 0.155. The van der Waals surface area contributed by atoms with Gasteiger partial charge in [0, 0.05) is 7.11 Å². The average molecular weight is 184 g/mol. The van der Waals surface area contributed by atoms with Gasteiger partial charge < -0.3 is 5.11 Å². The Labute approximate surface area is 79.2 Å². The predicted molar refractivity (Wildman–Crippen MR) is 53.1 cm³/mol. The largest absolute Gasteiger partial charge is 0.400 e. The van der Waals surface area contributed by atoms with Gasteiger partial charge in [-0.1, -0.05) is 26.0 Å². The normalized spacial score (nSPS) is 9.38. The molecule has 0 bridgehead atoms. The zero-order valence-corrected chi connectivity index (χ0v) is 8.42. The number of halogens is 1. The Kier molecular flexibility index (Phi) is 6.15. The van der Waals surface area contributed by atoms with E-state index in [1.807, 2.05) is 12.1 Å². The number of aliphatic hydroxyl groups excluding tert-OH is 1. The van der Waals surface area contributed by atoms with Crippen LogP contribution in [0.4, 0.5) is 4.39 Å². The summed E-state index contributed by atoms with van der Waals surface area (Å²) < 4.78 is 12.4. The van der Waals surface area contributed by atoms with Gasteiger partial charge in [-0.15, -0.1) is 0 Å². The highest BCUT2D eigenvalue weighted by molar-refractivity contribution is 5.16. The van der Waals surface area contributed by atoms with Crippen LogP contribution < -0.4 is 0 Å². The quantitative estimate of drug-likeness (QED) is 0.749. The van der Waals surface area contributed by atoms with Crippen LogP contribution >= 0.6 is 0 Å². The van der Waals surface area contributed by atoms with E-state index in [0.717, 1.165) is 13.5 Å². The molecule has 0 radical (unpaired) electrons. The smallest absolute Gasteiger partial charge is 0.123 e. The van der Waals surface area contributed by atoms with Gasteiger partial charge in [-0.2, -0.15) is 0 Å². The van der Waals surface area contributed by atoms with Crippen molar-refractivity contribution in [3.05, 3.63) is 35.6 Å². The Hall–Kier alpha value is -0.890. The van der Waals surface area contributed by atoms with Gasteiger partial charge in [0.15, 0.2) is 0 Å². The van der Waals surface area contributed by atoms with Gasteiger partial charge in [-0.05, 0) is 30.0 Å². The lowest BCUT2D eigenvalue weighted by molar-refractivity contribution is 0.399. The van der Waals surface area contributed by atoms with Gasteiger partial charge in [-0.3, -0.25) is 0 Å². The van der Waals surface area contributed by atoms with E-state index >= 15 is 0 Å². The fraction of sp³-hybridized carbons (Fsp3) is 0.455. The highest BCUT2D eigenvalue weighted by Crippen LogP contribution is 2.08. The van der Waals surface area contributed by atoms with Crippen LogP contribution in [0.3, 0.4) is 0 Å². The first-order chi connectivity index (χ1) is 6.18. The molecule has 1 nitrogen and oxygen atoms in total. The lowest BCUT2D eigenvalue weighted by Crippen LogP contribution is -1.93. The van der Waals surface area contributed by atoms with Crippen LogP contribution in [0.1, 0.15) is 19.4 Å². The van der Waals surface area contributed by atoms with Gasteiger partial charge >= 0.3 is 0 Å². The zero-order chi connectivity index (χ0) is 10.3. The molecule has 0 aromatic heterocycles. The SMILES string of the molecule is CC(C)Cc1ccc(F)cc1.CO.